The van der Waals surface area contributed by atoms with Crippen LogP contribution in [0.1, 0.15) is 36.6 Å². The number of ketones is 1. The van der Waals surface area contributed by atoms with E-state index in [2.05, 4.69) is 4.98 Å². The third kappa shape index (κ3) is 3.81. The van der Waals surface area contributed by atoms with E-state index in [-0.39, 0.29) is 11.8 Å². The molecule has 1 unspecified atom stereocenters. The molecule has 4 nitrogen and oxygen atoms in total. The zero-order chi connectivity index (χ0) is 13.7. The quantitative estimate of drug-likeness (QED) is 0.838. The number of nitrogens with two attached hydrogens (primary N) is 1. The minimum absolute atomic E-state index is 0.0653. The van der Waals surface area contributed by atoms with Crippen LogP contribution in [0.2, 0.25) is 0 Å². The molecule has 0 aromatic carbocycles. The minimum Gasteiger partial charge on any atom is -0.496 e. The molecule has 0 saturated carbocycles. The van der Waals surface area contributed by atoms with Crippen molar-refractivity contribution in [2.24, 2.45) is 5.73 Å². The number of hydrogen-bond donors (Lipinski definition) is 1. The van der Waals surface area contributed by atoms with Gasteiger partial charge in [-0.15, -0.1) is 0 Å². The van der Waals surface area contributed by atoms with Crippen molar-refractivity contribution in [2.45, 2.75) is 46.1 Å². The molecule has 1 aromatic heterocycles. The molecule has 0 aliphatic carbocycles. The van der Waals surface area contributed by atoms with Gasteiger partial charge in [-0.2, -0.15) is 0 Å². The number of methoxy groups -OCH3 is 1. The van der Waals surface area contributed by atoms with Gasteiger partial charge in [0, 0.05) is 36.2 Å². The molecule has 0 radical (unpaired) electrons. The van der Waals surface area contributed by atoms with Gasteiger partial charge in [0.25, 0.3) is 0 Å². The summed E-state index contributed by atoms with van der Waals surface area (Å²) in [5.41, 5.74) is 8.38. The Balaban J connectivity index is 2.76. The van der Waals surface area contributed by atoms with Crippen molar-refractivity contribution in [3.63, 3.8) is 0 Å². The van der Waals surface area contributed by atoms with Gasteiger partial charge in [-0.05, 0) is 27.2 Å². The van der Waals surface area contributed by atoms with Crippen LogP contribution in [0, 0.1) is 13.8 Å². The Morgan fingerprint density at radius 3 is 2.72 bits per heavy atom. The molecule has 4 heteroatoms. The Morgan fingerprint density at radius 1 is 1.50 bits per heavy atom. The lowest BCUT2D eigenvalue weighted by Crippen LogP contribution is -2.17. The zero-order valence-corrected chi connectivity index (χ0v) is 11.6. The first-order chi connectivity index (χ1) is 8.45. The number of carbonyl (C=O) groups is 1. The molecule has 2 N–H and O–H groups in total. The Bertz CT molecular complexity index is 428. The van der Waals surface area contributed by atoms with Crippen molar-refractivity contribution in [3.8, 4) is 5.75 Å². The number of rotatable bonds is 6. The summed E-state index contributed by atoms with van der Waals surface area (Å²) in [5, 5.41) is 0. The van der Waals surface area contributed by atoms with Crippen molar-refractivity contribution in [1.82, 2.24) is 4.98 Å². The molecule has 0 aliphatic heterocycles. The maximum Gasteiger partial charge on any atom is 0.138 e. The highest BCUT2D eigenvalue weighted by Gasteiger charge is 2.13. The van der Waals surface area contributed by atoms with E-state index >= 15 is 0 Å². The maximum atomic E-state index is 11.8. The first-order valence-electron chi connectivity index (χ1n) is 6.22. The average Bonchev–Trinajstić information content (AvgIpc) is 2.31. The van der Waals surface area contributed by atoms with Gasteiger partial charge in [0.1, 0.15) is 11.5 Å². The molecule has 0 amide bonds. The fourth-order valence-corrected chi connectivity index (χ4v) is 1.91. The largest absolute Gasteiger partial charge is 0.496 e. The smallest absolute Gasteiger partial charge is 0.138 e. The predicted molar refractivity (Wildman–Crippen MR) is 71.9 cm³/mol. The fourth-order valence-electron chi connectivity index (χ4n) is 1.91. The second-order valence-corrected chi connectivity index (χ2v) is 4.78. The first kappa shape index (κ1) is 14.6. The number of aryl methyl sites for hydroxylation is 1. The monoisotopic (exact) mass is 250 g/mol. The van der Waals surface area contributed by atoms with Crippen LogP contribution in [-0.4, -0.2) is 23.9 Å². The van der Waals surface area contributed by atoms with Crippen molar-refractivity contribution >= 4 is 5.78 Å². The van der Waals surface area contributed by atoms with E-state index in [0.29, 0.717) is 12.8 Å². The summed E-state index contributed by atoms with van der Waals surface area (Å²) < 4.78 is 5.32. The molecule has 1 aromatic rings. The highest BCUT2D eigenvalue weighted by molar-refractivity contribution is 5.81. The van der Waals surface area contributed by atoms with Crippen LogP contribution in [0.15, 0.2) is 6.20 Å². The van der Waals surface area contributed by atoms with Crippen LogP contribution in [0.3, 0.4) is 0 Å². The van der Waals surface area contributed by atoms with Gasteiger partial charge in [-0.3, -0.25) is 9.78 Å². The SMILES string of the molecule is COc1c(C)cnc(CC(=O)CCC(C)N)c1C. The average molecular weight is 250 g/mol. The number of pyridine rings is 1. The van der Waals surface area contributed by atoms with Crippen LogP contribution in [0.4, 0.5) is 0 Å². The number of carbonyl (C=O) groups excluding carboxylic acids is 1. The van der Waals surface area contributed by atoms with E-state index in [1.165, 1.54) is 0 Å². The van der Waals surface area contributed by atoms with Gasteiger partial charge < -0.3 is 10.5 Å². The number of nitrogens with zero attached hydrogens (tertiary/aromatic N) is 1. The van der Waals surface area contributed by atoms with Crippen molar-refractivity contribution in [1.29, 1.82) is 0 Å². The van der Waals surface area contributed by atoms with Gasteiger partial charge in [-0.1, -0.05) is 0 Å². The van der Waals surface area contributed by atoms with Gasteiger partial charge in [-0.25, -0.2) is 0 Å². The summed E-state index contributed by atoms with van der Waals surface area (Å²) in [6, 6.07) is 0.0653. The van der Waals surface area contributed by atoms with E-state index < -0.39 is 0 Å². The van der Waals surface area contributed by atoms with Gasteiger partial charge >= 0.3 is 0 Å². The topological polar surface area (TPSA) is 65.2 Å². The van der Waals surface area contributed by atoms with Crippen LogP contribution < -0.4 is 10.5 Å². The van der Waals surface area contributed by atoms with Crippen molar-refractivity contribution in [2.75, 3.05) is 7.11 Å². The number of ether oxygens (including phenoxy) is 1. The third-order valence-corrected chi connectivity index (χ3v) is 2.99. The molecule has 0 spiro atoms. The predicted octanol–water partition coefficient (Wildman–Crippen LogP) is 1.95. The minimum atomic E-state index is 0.0653. The van der Waals surface area contributed by atoms with Crippen LogP contribution in [0.5, 0.6) is 5.75 Å². The molecular formula is C14H22N2O2. The molecular weight excluding hydrogens is 228 g/mol. The second-order valence-electron chi connectivity index (χ2n) is 4.78. The summed E-state index contributed by atoms with van der Waals surface area (Å²) in [5.74, 6) is 0.994. The molecule has 1 atom stereocenters. The Kier molecular flexibility index (Phi) is 5.28. The standard InChI is InChI=1S/C14H22N2O2/c1-9-8-16-13(11(3)14(9)18-4)7-12(17)6-5-10(2)15/h8,10H,5-7,15H2,1-4H3. The zero-order valence-electron chi connectivity index (χ0n) is 11.6. The number of Topliss-reactive ketones (excluding diaryl/α,β-unsaturated/α-hetero) is 1. The lowest BCUT2D eigenvalue weighted by atomic mass is 10.0. The highest BCUT2D eigenvalue weighted by Crippen LogP contribution is 2.24. The molecule has 0 saturated heterocycles. The number of hydrogen-bond acceptors (Lipinski definition) is 4. The molecule has 100 valence electrons. The third-order valence-electron chi connectivity index (χ3n) is 2.99. The van der Waals surface area contributed by atoms with Crippen molar-refractivity contribution in [3.05, 3.63) is 23.0 Å². The Labute approximate surface area is 109 Å². The molecule has 18 heavy (non-hydrogen) atoms. The Morgan fingerprint density at radius 2 is 2.17 bits per heavy atom. The molecule has 1 rings (SSSR count). The van der Waals surface area contributed by atoms with Gasteiger partial charge in [0.05, 0.1) is 12.8 Å². The van der Waals surface area contributed by atoms with Gasteiger partial charge in [0.15, 0.2) is 0 Å². The van der Waals surface area contributed by atoms with Crippen molar-refractivity contribution < 1.29 is 9.53 Å². The van der Waals surface area contributed by atoms with Crippen LogP contribution >= 0.6 is 0 Å². The molecule has 0 fully saturated rings. The molecule has 0 aliphatic rings. The summed E-state index contributed by atoms with van der Waals surface area (Å²) in [6.07, 6.45) is 3.34. The van der Waals surface area contributed by atoms with E-state index in [9.17, 15) is 4.79 Å². The molecule has 0 bridgehead atoms. The lowest BCUT2D eigenvalue weighted by Gasteiger charge is -2.12. The summed E-state index contributed by atoms with van der Waals surface area (Å²) in [4.78, 5) is 16.1. The van der Waals surface area contributed by atoms with Crippen LogP contribution in [-0.2, 0) is 11.2 Å². The maximum absolute atomic E-state index is 11.8. The summed E-state index contributed by atoms with van der Waals surface area (Å²) in [7, 11) is 1.64. The van der Waals surface area contributed by atoms with E-state index in [0.717, 1.165) is 29.0 Å². The van der Waals surface area contributed by atoms with Crippen LogP contribution in [0.25, 0.3) is 0 Å². The van der Waals surface area contributed by atoms with E-state index in [1.807, 2.05) is 20.8 Å². The number of aromatic nitrogens is 1. The normalized spacial score (nSPS) is 12.3. The fraction of sp³-hybridized carbons (Fsp3) is 0.571. The van der Waals surface area contributed by atoms with E-state index in [1.54, 1.807) is 13.3 Å². The summed E-state index contributed by atoms with van der Waals surface area (Å²) in [6.45, 7) is 5.79. The highest BCUT2D eigenvalue weighted by atomic mass is 16.5. The second kappa shape index (κ2) is 6.50. The lowest BCUT2D eigenvalue weighted by molar-refractivity contribution is -0.118. The molecule has 1 heterocycles. The Hall–Kier alpha value is -1.42. The first-order valence-corrected chi connectivity index (χ1v) is 6.22. The van der Waals surface area contributed by atoms with E-state index in [4.69, 9.17) is 10.5 Å². The van der Waals surface area contributed by atoms with Gasteiger partial charge in [0.2, 0.25) is 0 Å². The summed E-state index contributed by atoms with van der Waals surface area (Å²) >= 11 is 0.